The monoisotopic (exact) mass is 385 g/mol. The standard InChI is InChI=1S/C19H20FN5OS/c1-21-14-8-10-24(11-9-14)19(26)17-22-18(16-3-2-12-27-16)25(23-17)15-6-4-13(20)5-7-15/h2-7,12,14,21H,8-11H2,1H3. The Morgan fingerprint density at radius 2 is 1.96 bits per heavy atom. The highest BCUT2D eigenvalue weighted by atomic mass is 32.1. The van der Waals surface area contributed by atoms with Gasteiger partial charge in [0.05, 0.1) is 10.6 Å². The fraction of sp³-hybridized carbons (Fsp3) is 0.316. The lowest BCUT2D eigenvalue weighted by atomic mass is 10.1. The largest absolute Gasteiger partial charge is 0.336 e. The van der Waals surface area contributed by atoms with Crippen molar-refractivity contribution in [2.75, 3.05) is 20.1 Å². The molecule has 27 heavy (non-hydrogen) atoms. The van der Waals surface area contributed by atoms with Crippen molar-refractivity contribution in [3.63, 3.8) is 0 Å². The fourth-order valence-electron chi connectivity index (χ4n) is 3.24. The third kappa shape index (κ3) is 3.63. The number of hydrogen-bond acceptors (Lipinski definition) is 5. The van der Waals surface area contributed by atoms with Gasteiger partial charge >= 0.3 is 0 Å². The Kier molecular flexibility index (Phi) is 5.00. The fourth-order valence-corrected chi connectivity index (χ4v) is 3.94. The van der Waals surface area contributed by atoms with Crippen molar-refractivity contribution in [2.24, 2.45) is 0 Å². The molecular weight excluding hydrogens is 365 g/mol. The van der Waals surface area contributed by atoms with Crippen LogP contribution >= 0.6 is 11.3 Å². The first-order chi connectivity index (χ1) is 13.2. The van der Waals surface area contributed by atoms with Crippen molar-refractivity contribution in [1.82, 2.24) is 25.0 Å². The lowest BCUT2D eigenvalue weighted by Crippen LogP contribution is -2.44. The number of halogens is 1. The van der Waals surface area contributed by atoms with Gasteiger partial charge in [0.1, 0.15) is 5.82 Å². The number of amides is 1. The molecule has 1 aliphatic rings. The molecule has 140 valence electrons. The summed E-state index contributed by atoms with van der Waals surface area (Å²) >= 11 is 1.52. The van der Waals surface area contributed by atoms with Crippen molar-refractivity contribution in [1.29, 1.82) is 0 Å². The quantitative estimate of drug-likeness (QED) is 0.750. The summed E-state index contributed by atoms with van der Waals surface area (Å²) in [6, 6.07) is 10.3. The third-order valence-electron chi connectivity index (χ3n) is 4.80. The van der Waals surface area contributed by atoms with Gasteiger partial charge in [0.25, 0.3) is 5.91 Å². The number of aromatic nitrogens is 3. The van der Waals surface area contributed by atoms with Crippen LogP contribution in [0.3, 0.4) is 0 Å². The lowest BCUT2D eigenvalue weighted by molar-refractivity contribution is 0.0695. The van der Waals surface area contributed by atoms with E-state index in [9.17, 15) is 9.18 Å². The minimum Gasteiger partial charge on any atom is -0.336 e. The van der Waals surface area contributed by atoms with Crippen LogP contribution in [0.4, 0.5) is 4.39 Å². The lowest BCUT2D eigenvalue weighted by Gasteiger charge is -2.30. The normalized spacial score (nSPS) is 15.3. The molecule has 0 spiro atoms. The Labute approximate surface area is 160 Å². The van der Waals surface area contributed by atoms with Crippen molar-refractivity contribution in [3.8, 4) is 16.4 Å². The van der Waals surface area contributed by atoms with E-state index in [1.807, 2.05) is 24.6 Å². The van der Waals surface area contributed by atoms with Crippen LogP contribution in [0.15, 0.2) is 41.8 Å². The van der Waals surface area contributed by atoms with Gasteiger partial charge in [0.2, 0.25) is 5.82 Å². The smallest absolute Gasteiger partial charge is 0.293 e. The Bertz CT molecular complexity index is 914. The van der Waals surface area contributed by atoms with Gasteiger partial charge in [-0.15, -0.1) is 16.4 Å². The molecule has 1 N–H and O–H groups in total. The Morgan fingerprint density at radius 3 is 2.59 bits per heavy atom. The summed E-state index contributed by atoms with van der Waals surface area (Å²) in [5.41, 5.74) is 0.667. The van der Waals surface area contributed by atoms with Crippen molar-refractivity contribution in [3.05, 3.63) is 53.4 Å². The SMILES string of the molecule is CNC1CCN(C(=O)c2nc(-c3cccs3)n(-c3ccc(F)cc3)n2)CC1. The summed E-state index contributed by atoms with van der Waals surface area (Å²) < 4.78 is 14.9. The van der Waals surface area contributed by atoms with E-state index < -0.39 is 0 Å². The van der Waals surface area contributed by atoms with E-state index in [0.29, 0.717) is 30.6 Å². The Morgan fingerprint density at radius 1 is 1.22 bits per heavy atom. The molecule has 0 aliphatic carbocycles. The van der Waals surface area contributed by atoms with Gasteiger partial charge in [-0.3, -0.25) is 4.79 Å². The molecule has 1 amide bonds. The summed E-state index contributed by atoms with van der Waals surface area (Å²) in [5.74, 6) is 0.277. The maximum atomic E-state index is 13.3. The molecule has 1 saturated heterocycles. The van der Waals surface area contributed by atoms with Gasteiger partial charge in [-0.2, -0.15) is 0 Å². The van der Waals surface area contributed by atoms with E-state index in [1.54, 1.807) is 21.7 Å². The molecule has 6 nitrogen and oxygen atoms in total. The molecule has 0 atom stereocenters. The van der Waals surface area contributed by atoms with Gasteiger partial charge in [0, 0.05) is 19.1 Å². The number of carbonyl (C=O) groups excluding carboxylic acids is 1. The maximum Gasteiger partial charge on any atom is 0.293 e. The average Bonchev–Trinajstić information content (AvgIpc) is 3.38. The van der Waals surface area contributed by atoms with Gasteiger partial charge in [-0.05, 0) is 55.6 Å². The zero-order valence-electron chi connectivity index (χ0n) is 14.9. The predicted octanol–water partition coefficient (Wildman–Crippen LogP) is 2.96. The summed E-state index contributed by atoms with van der Waals surface area (Å²) in [7, 11) is 1.95. The maximum absolute atomic E-state index is 13.3. The number of benzene rings is 1. The minimum atomic E-state index is -0.319. The van der Waals surface area contributed by atoms with Crippen LogP contribution in [0.25, 0.3) is 16.4 Å². The predicted molar refractivity (Wildman–Crippen MR) is 103 cm³/mol. The average molecular weight is 385 g/mol. The number of nitrogens with one attached hydrogen (secondary N) is 1. The number of carbonyl (C=O) groups is 1. The summed E-state index contributed by atoms with van der Waals surface area (Å²) in [6.07, 6.45) is 1.83. The van der Waals surface area contributed by atoms with E-state index in [-0.39, 0.29) is 17.5 Å². The molecule has 1 aliphatic heterocycles. The minimum absolute atomic E-state index is 0.164. The zero-order valence-corrected chi connectivity index (χ0v) is 15.7. The summed E-state index contributed by atoms with van der Waals surface area (Å²) in [6.45, 7) is 1.37. The summed E-state index contributed by atoms with van der Waals surface area (Å²) in [4.78, 5) is 20.2. The highest BCUT2D eigenvalue weighted by molar-refractivity contribution is 7.13. The van der Waals surface area contributed by atoms with Crippen LogP contribution in [0.5, 0.6) is 0 Å². The zero-order chi connectivity index (χ0) is 18.8. The van der Waals surface area contributed by atoms with Gasteiger partial charge in [0.15, 0.2) is 5.82 Å². The van der Waals surface area contributed by atoms with Gasteiger partial charge in [-0.25, -0.2) is 14.1 Å². The molecule has 0 radical (unpaired) electrons. The van der Waals surface area contributed by atoms with E-state index in [2.05, 4.69) is 15.4 Å². The molecule has 1 aromatic carbocycles. The molecular formula is C19H20FN5OS. The first kappa shape index (κ1) is 17.8. The number of likely N-dealkylation sites (tertiary alicyclic amines) is 1. The Balaban J connectivity index is 1.67. The van der Waals surface area contributed by atoms with E-state index in [1.165, 1.54) is 23.5 Å². The van der Waals surface area contributed by atoms with Crippen LogP contribution < -0.4 is 5.32 Å². The first-order valence-electron chi connectivity index (χ1n) is 8.89. The second-order valence-corrected chi connectivity index (χ2v) is 7.43. The molecule has 4 rings (SSSR count). The van der Waals surface area contributed by atoms with Gasteiger partial charge < -0.3 is 10.2 Å². The number of nitrogens with zero attached hydrogens (tertiary/aromatic N) is 4. The topological polar surface area (TPSA) is 63.1 Å². The number of hydrogen-bond donors (Lipinski definition) is 1. The number of thiophene rings is 1. The van der Waals surface area contributed by atoms with Crippen LogP contribution in [0, 0.1) is 5.82 Å². The highest BCUT2D eigenvalue weighted by Gasteiger charge is 2.27. The number of piperidine rings is 1. The van der Waals surface area contributed by atoms with Crippen LogP contribution in [-0.2, 0) is 0 Å². The third-order valence-corrected chi connectivity index (χ3v) is 5.67. The van der Waals surface area contributed by atoms with E-state index in [0.717, 1.165) is 17.7 Å². The van der Waals surface area contributed by atoms with Crippen LogP contribution in [0.1, 0.15) is 23.5 Å². The second-order valence-electron chi connectivity index (χ2n) is 6.48. The summed E-state index contributed by atoms with van der Waals surface area (Å²) in [5, 5.41) is 9.67. The van der Waals surface area contributed by atoms with Crippen molar-refractivity contribution in [2.45, 2.75) is 18.9 Å². The van der Waals surface area contributed by atoms with Crippen molar-refractivity contribution < 1.29 is 9.18 Å². The molecule has 1 fully saturated rings. The molecule has 8 heteroatoms. The van der Waals surface area contributed by atoms with Crippen molar-refractivity contribution >= 4 is 17.2 Å². The van der Waals surface area contributed by atoms with Gasteiger partial charge in [-0.1, -0.05) is 6.07 Å². The highest BCUT2D eigenvalue weighted by Crippen LogP contribution is 2.26. The molecule has 0 unspecified atom stereocenters. The van der Waals surface area contributed by atoms with E-state index in [4.69, 9.17) is 0 Å². The molecule has 3 aromatic rings. The Hall–Kier alpha value is -2.58. The van der Waals surface area contributed by atoms with E-state index >= 15 is 0 Å². The number of rotatable bonds is 4. The molecule has 0 bridgehead atoms. The van der Waals surface area contributed by atoms with Crippen LogP contribution in [0.2, 0.25) is 0 Å². The second kappa shape index (κ2) is 7.58. The molecule has 2 aromatic heterocycles. The van der Waals surface area contributed by atoms with Crippen LogP contribution in [-0.4, -0.2) is 51.8 Å². The first-order valence-corrected chi connectivity index (χ1v) is 9.77. The molecule has 0 saturated carbocycles. The molecule has 3 heterocycles.